The summed E-state index contributed by atoms with van der Waals surface area (Å²) >= 11 is 0. The van der Waals surface area contributed by atoms with Crippen molar-refractivity contribution >= 4 is 30.7 Å². The molecule has 0 bridgehead atoms. The monoisotopic (exact) mass is 413 g/mol. The van der Waals surface area contributed by atoms with E-state index < -0.39 is 0 Å². The Morgan fingerprint density at radius 2 is 1.67 bits per heavy atom. The van der Waals surface area contributed by atoms with Crippen LogP contribution in [0.3, 0.4) is 0 Å². The maximum absolute atomic E-state index is 13.0. The number of nitrogens with zero attached hydrogens (tertiary/aromatic N) is 2. The SMILES string of the molecule is Cl.Cl.O=C(C1CCCN1Cc1ccccc1)N1CCC(NCC2CC2)CC1. The van der Waals surface area contributed by atoms with Gasteiger partial charge >= 0.3 is 0 Å². The van der Waals surface area contributed by atoms with Gasteiger partial charge in [-0.15, -0.1) is 24.8 Å². The van der Waals surface area contributed by atoms with E-state index in [-0.39, 0.29) is 30.9 Å². The van der Waals surface area contributed by atoms with Gasteiger partial charge in [-0.3, -0.25) is 9.69 Å². The van der Waals surface area contributed by atoms with Gasteiger partial charge < -0.3 is 10.2 Å². The summed E-state index contributed by atoms with van der Waals surface area (Å²) in [4.78, 5) is 17.6. The van der Waals surface area contributed by atoms with Gasteiger partial charge in [0.25, 0.3) is 0 Å². The molecule has 1 amide bonds. The standard InChI is InChI=1S/C21H31N3O.2ClH/c25-21(23-13-10-19(11-14-23)22-15-17-8-9-17)20-7-4-12-24(20)16-18-5-2-1-3-6-18;;/h1-3,5-6,17,19-20,22H,4,7-16H2;2*1H. The van der Waals surface area contributed by atoms with Crippen molar-refractivity contribution in [1.29, 1.82) is 0 Å². The van der Waals surface area contributed by atoms with E-state index in [0.717, 1.165) is 57.8 Å². The van der Waals surface area contributed by atoms with E-state index in [4.69, 9.17) is 0 Å². The lowest BCUT2D eigenvalue weighted by atomic mass is 10.0. The highest BCUT2D eigenvalue weighted by molar-refractivity contribution is 5.85. The van der Waals surface area contributed by atoms with Gasteiger partial charge in [-0.05, 0) is 63.1 Å². The molecule has 0 aromatic heterocycles. The first-order chi connectivity index (χ1) is 12.3. The number of hydrogen-bond acceptors (Lipinski definition) is 3. The predicted molar refractivity (Wildman–Crippen MR) is 115 cm³/mol. The van der Waals surface area contributed by atoms with Crippen LogP contribution in [0.2, 0.25) is 0 Å². The Morgan fingerprint density at radius 3 is 2.33 bits per heavy atom. The van der Waals surface area contributed by atoms with Crippen molar-refractivity contribution in [3.8, 4) is 0 Å². The van der Waals surface area contributed by atoms with Crippen LogP contribution in [-0.2, 0) is 11.3 Å². The number of halogens is 2. The van der Waals surface area contributed by atoms with Crippen molar-refractivity contribution in [2.75, 3.05) is 26.2 Å². The van der Waals surface area contributed by atoms with Crippen LogP contribution >= 0.6 is 24.8 Å². The lowest BCUT2D eigenvalue weighted by molar-refractivity contribution is -0.137. The van der Waals surface area contributed by atoms with Crippen molar-refractivity contribution in [3.05, 3.63) is 35.9 Å². The number of amides is 1. The maximum Gasteiger partial charge on any atom is 0.239 e. The molecule has 2 aliphatic heterocycles. The number of piperidine rings is 1. The second kappa shape index (κ2) is 10.7. The Morgan fingerprint density at radius 1 is 0.963 bits per heavy atom. The van der Waals surface area contributed by atoms with Crippen LogP contribution in [0, 0.1) is 5.92 Å². The molecule has 6 heteroatoms. The molecular formula is C21H33Cl2N3O. The highest BCUT2D eigenvalue weighted by Crippen LogP contribution is 2.28. The summed E-state index contributed by atoms with van der Waals surface area (Å²) in [6.45, 7) is 4.99. The zero-order chi connectivity index (χ0) is 17.1. The maximum atomic E-state index is 13.0. The van der Waals surface area contributed by atoms with Gasteiger partial charge in [0.15, 0.2) is 0 Å². The Balaban J connectivity index is 0.00000131. The molecule has 3 fully saturated rings. The lowest BCUT2D eigenvalue weighted by Gasteiger charge is -2.36. The second-order valence-corrected chi connectivity index (χ2v) is 8.07. The smallest absolute Gasteiger partial charge is 0.239 e. The first-order valence-corrected chi connectivity index (χ1v) is 10.1. The molecule has 1 saturated carbocycles. The topological polar surface area (TPSA) is 35.6 Å². The van der Waals surface area contributed by atoms with Gasteiger partial charge in [-0.2, -0.15) is 0 Å². The van der Waals surface area contributed by atoms with E-state index in [1.807, 2.05) is 0 Å². The van der Waals surface area contributed by atoms with Gasteiger partial charge in [0.1, 0.15) is 0 Å². The molecule has 1 N–H and O–H groups in total. The molecule has 2 saturated heterocycles. The zero-order valence-electron chi connectivity index (χ0n) is 16.0. The summed E-state index contributed by atoms with van der Waals surface area (Å²) in [5, 5.41) is 3.71. The molecule has 1 atom stereocenters. The fourth-order valence-electron chi connectivity index (χ4n) is 4.28. The Kier molecular flexibility index (Phi) is 8.87. The van der Waals surface area contributed by atoms with Crippen molar-refractivity contribution in [3.63, 3.8) is 0 Å². The van der Waals surface area contributed by atoms with Crippen molar-refractivity contribution < 1.29 is 4.79 Å². The third-order valence-electron chi connectivity index (χ3n) is 6.08. The quantitative estimate of drug-likeness (QED) is 0.774. The predicted octanol–water partition coefficient (Wildman–Crippen LogP) is 3.49. The fraction of sp³-hybridized carbons (Fsp3) is 0.667. The third-order valence-corrected chi connectivity index (χ3v) is 6.08. The van der Waals surface area contributed by atoms with E-state index in [0.29, 0.717) is 11.9 Å². The first-order valence-electron chi connectivity index (χ1n) is 10.1. The second-order valence-electron chi connectivity index (χ2n) is 8.07. The highest BCUT2D eigenvalue weighted by Gasteiger charge is 2.35. The van der Waals surface area contributed by atoms with Crippen LogP contribution in [0.25, 0.3) is 0 Å². The number of hydrogen-bond donors (Lipinski definition) is 1. The Labute approximate surface area is 175 Å². The van der Waals surface area contributed by atoms with Crippen molar-refractivity contribution in [2.45, 2.75) is 57.2 Å². The van der Waals surface area contributed by atoms with Crippen LogP contribution in [-0.4, -0.2) is 54.0 Å². The largest absolute Gasteiger partial charge is 0.341 e. The molecule has 3 aliphatic rings. The zero-order valence-corrected chi connectivity index (χ0v) is 17.6. The molecule has 1 aromatic carbocycles. The molecule has 0 radical (unpaired) electrons. The Bertz CT molecular complexity index is 574. The van der Waals surface area contributed by atoms with Crippen LogP contribution < -0.4 is 5.32 Å². The van der Waals surface area contributed by atoms with Crippen LogP contribution in [0.1, 0.15) is 44.1 Å². The van der Waals surface area contributed by atoms with E-state index >= 15 is 0 Å². The number of carbonyl (C=O) groups excluding carboxylic acids is 1. The summed E-state index contributed by atoms with van der Waals surface area (Å²) in [5.41, 5.74) is 1.31. The van der Waals surface area contributed by atoms with Crippen LogP contribution in [0.5, 0.6) is 0 Å². The first kappa shape index (κ1) is 22.5. The molecule has 152 valence electrons. The number of nitrogens with one attached hydrogen (secondary N) is 1. The minimum atomic E-state index is 0. The van der Waals surface area contributed by atoms with Gasteiger partial charge in [0.05, 0.1) is 6.04 Å². The van der Waals surface area contributed by atoms with Gasteiger partial charge in [0, 0.05) is 25.7 Å². The van der Waals surface area contributed by atoms with E-state index in [1.54, 1.807) is 0 Å². The average Bonchev–Trinajstić information content (AvgIpc) is 3.38. The highest BCUT2D eigenvalue weighted by atomic mass is 35.5. The van der Waals surface area contributed by atoms with Gasteiger partial charge in [-0.1, -0.05) is 30.3 Å². The Hall–Kier alpha value is -0.810. The molecule has 4 nitrogen and oxygen atoms in total. The lowest BCUT2D eigenvalue weighted by Crippen LogP contribution is -2.51. The molecule has 27 heavy (non-hydrogen) atoms. The van der Waals surface area contributed by atoms with Crippen LogP contribution in [0.4, 0.5) is 0 Å². The fourth-order valence-corrected chi connectivity index (χ4v) is 4.28. The number of benzene rings is 1. The molecule has 4 rings (SSSR count). The van der Waals surface area contributed by atoms with Crippen LogP contribution in [0.15, 0.2) is 30.3 Å². The molecule has 2 heterocycles. The molecule has 1 aromatic rings. The summed E-state index contributed by atoms with van der Waals surface area (Å²) in [6, 6.07) is 11.3. The van der Waals surface area contributed by atoms with E-state index in [2.05, 4.69) is 45.4 Å². The van der Waals surface area contributed by atoms with Crippen molar-refractivity contribution in [1.82, 2.24) is 15.1 Å². The molecule has 1 aliphatic carbocycles. The molecule has 0 spiro atoms. The van der Waals surface area contributed by atoms with E-state index in [1.165, 1.54) is 24.9 Å². The van der Waals surface area contributed by atoms with E-state index in [9.17, 15) is 4.79 Å². The summed E-state index contributed by atoms with van der Waals surface area (Å²) in [5.74, 6) is 1.30. The normalized spacial score (nSPS) is 23.6. The number of rotatable bonds is 6. The van der Waals surface area contributed by atoms with Gasteiger partial charge in [0.2, 0.25) is 5.91 Å². The summed E-state index contributed by atoms with van der Waals surface area (Å²) in [6.07, 6.45) is 7.20. The molecular weight excluding hydrogens is 381 g/mol. The minimum absolute atomic E-state index is 0. The number of likely N-dealkylation sites (tertiary alicyclic amines) is 2. The van der Waals surface area contributed by atoms with Crippen molar-refractivity contribution in [2.24, 2.45) is 5.92 Å². The summed E-state index contributed by atoms with van der Waals surface area (Å²) < 4.78 is 0. The third kappa shape index (κ3) is 6.08. The van der Waals surface area contributed by atoms with Gasteiger partial charge in [-0.25, -0.2) is 0 Å². The number of carbonyl (C=O) groups is 1. The average molecular weight is 414 g/mol. The summed E-state index contributed by atoms with van der Waals surface area (Å²) in [7, 11) is 0. The molecule has 1 unspecified atom stereocenters. The minimum Gasteiger partial charge on any atom is -0.341 e.